The molecule has 1 aliphatic carbocycles. The lowest BCUT2D eigenvalue weighted by Crippen LogP contribution is -2.48. The van der Waals surface area contributed by atoms with Gasteiger partial charge in [0.15, 0.2) is 17.5 Å². The second-order valence-electron chi connectivity index (χ2n) is 6.43. The fourth-order valence-electron chi connectivity index (χ4n) is 3.20. The summed E-state index contributed by atoms with van der Waals surface area (Å²) in [7, 11) is 0. The van der Waals surface area contributed by atoms with Crippen LogP contribution in [0, 0.1) is 23.0 Å². The summed E-state index contributed by atoms with van der Waals surface area (Å²) >= 11 is 0. The number of anilines is 3. The molecule has 3 rings (SSSR count). The summed E-state index contributed by atoms with van der Waals surface area (Å²) in [6.07, 6.45) is 4.23. The minimum absolute atomic E-state index is 0.0392. The molecule has 2 aromatic heterocycles. The van der Waals surface area contributed by atoms with Crippen molar-refractivity contribution in [3.63, 3.8) is 0 Å². The van der Waals surface area contributed by atoms with E-state index in [1.165, 1.54) is 12.3 Å². The monoisotopic (exact) mass is 388 g/mol. The topological polar surface area (TPSA) is 123 Å². The van der Waals surface area contributed by atoms with E-state index in [-0.39, 0.29) is 35.0 Å². The maximum absolute atomic E-state index is 14.5. The van der Waals surface area contributed by atoms with Gasteiger partial charge in [-0.25, -0.2) is 18.6 Å². The Labute approximate surface area is 159 Å². The van der Waals surface area contributed by atoms with Gasteiger partial charge >= 0.3 is 6.09 Å². The second-order valence-corrected chi connectivity index (χ2v) is 6.43. The number of hydrogen-bond acceptors (Lipinski definition) is 6. The van der Waals surface area contributed by atoms with E-state index in [4.69, 9.17) is 5.11 Å². The van der Waals surface area contributed by atoms with Crippen molar-refractivity contribution < 1.29 is 18.7 Å². The van der Waals surface area contributed by atoms with Crippen LogP contribution in [0.25, 0.3) is 0 Å². The van der Waals surface area contributed by atoms with Crippen LogP contribution in [0.3, 0.4) is 0 Å². The number of amides is 1. The Kier molecular flexibility index (Phi) is 5.84. The fraction of sp³-hybridized carbons (Fsp3) is 0.333. The lowest BCUT2D eigenvalue weighted by Gasteiger charge is -2.32. The summed E-state index contributed by atoms with van der Waals surface area (Å²) in [6.45, 7) is 0. The van der Waals surface area contributed by atoms with E-state index < -0.39 is 17.7 Å². The first-order chi connectivity index (χ1) is 13.5. The van der Waals surface area contributed by atoms with Crippen LogP contribution in [0.1, 0.15) is 31.2 Å². The number of rotatable bonds is 5. The van der Waals surface area contributed by atoms with Crippen molar-refractivity contribution in [1.82, 2.24) is 15.3 Å². The second kappa shape index (κ2) is 8.47. The van der Waals surface area contributed by atoms with Crippen molar-refractivity contribution in [1.29, 1.82) is 5.26 Å². The van der Waals surface area contributed by atoms with Gasteiger partial charge in [0.1, 0.15) is 11.9 Å². The number of halogens is 2. The van der Waals surface area contributed by atoms with Crippen LogP contribution in [0.4, 0.5) is 30.9 Å². The predicted molar refractivity (Wildman–Crippen MR) is 97.2 cm³/mol. The molecule has 0 radical (unpaired) electrons. The quantitative estimate of drug-likeness (QED) is 0.619. The number of pyridine rings is 2. The molecule has 146 valence electrons. The predicted octanol–water partition coefficient (Wildman–Crippen LogP) is 3.36. The molecule has 2 heterocycles. The van der Waals surface area contributed by atoms with Crippen LogP contribution < -0.4 is 16.0 Å². The summed E-state index contributed by atoms with van der Waals surface area (Å²) < 4.78 is 27.8. The molecule has 0 spiro atoms. The Morgan fingerprint density at radius 1 is 1.18 bits per heavy atom. The normalized spacial score (nSPS) is 18.8. The molecule has 2 aromatic rings. The minimum atomic E-state index is -1.15. The number of nitriles is 1. The first-order valence-electron chi connectivity index (χ1n) is 8.70. The van der Waals surface area contributed by atoms with Crippen molar-refractivity contribution in [2.75, 3.05) is 10.6 Å². The number of aromatic nitrogens is 2. The van der Waals surface area contributed by atoms with E-state index in [1.807, 2.05) is 6.07 Å². The van der Waals surface area contributed by atoms with Gasteiger partial charge in [-0.2, -0.15) is 5.26 Å². The molecular weight excluding hydrogens is 370 g/mol. The molecular formula is C18H18F2N6O2. The number of nitrogens with zero attached hydrogens (tertiary/aromatic N) is 3. The first-order valence-corrected chi connectivity index (χ1v) is 8.70. The third-order valence-corrected chi connectivity index (χ3v) is 4.46. The van der Waals surface area contributed by atoms with E-state index in [2.05, 4.69) is 25.9 Å². The number of hydrogen-bond donors (Lipinski definition) is 4. The summed E-state index contributed by atoms with van der Waals surface area (Å²) in [4.78, 5) is 18.8. The fourth-order valence-corrected chi connectivity index (χ4v) is 3.20. The number of carboxylic acid groups (broad SMARTS) is 1. The Morgan fingerprint density at radius 3 is 2.61 bits per heavy atom. The Balaban J connectivity index is 1.86. The summed E-state index contributed by atoms with van der Waals surface area (Å²) in [5, 5.41) is 26.4. The maximum atomic E-state index is 14.5. The molecule has 0 aromatic carbocycles. The van der Waals surface area contributed by atoms with Crippen LogP contribution in [-0.4, -0.2) is 33.3 Å². The van der Waals surface area contributed by atoms with Crippen LogP contribution in [-0.2, 0) is 0 Å². The molecule has 1 aliphatic rings. The molecule has 1 amide bonds. The lowest BCUT2D eigenvalue weighted by atomic mass is 9.90. The van der Waals surface area contributed by atoms with Crippen molar-refractivity contribution in [2.24, 2.45) is 0 Å². The largest absolute Gasteiger partial charge is 0.465 e. The van der Waals surface area contributed by atoms with E-state index in [1.54, 1.807) is 0 Å². The average molecular weight is 388 g/mol. The Hall–Kier alpha value is -3.48. The van der Waals surface area contributed by atoms with Gasteiger partial charge < -0.3 is 21.1 Å². The van der Waals surface area contributed by atoms with E-state index >= 15 is 0 Å². The maximum Gasteiger partial charge on any atom is 0.404 e. The molecule has 8 nitrogen and oxygen atoms in total. The van der Waals surface area contributed by atoms with Crippen LogP contribution >= 0.6 is 0 Å². The zero-order valence-electron chi connectivity index (χ0n) is 14.7. The third kappa shape index (κ3) is 4.62. The lowest BCUT2D eigenvalue weighted by molar-refractivity contribution is 0.184. The van der Waals surface area contributed by atoms with Gasteiger partial charge in [-0.05, 0) is 18.9 Å². The number of carbonyl (C=O) groups is 1. The van der Waals surface area contributed by atoms with Crippen LogP contribution in [0.15, 0.2) is 24.5 Å². The molecule has 4 N–H and O–H groups in total. The molecule has 10 heteroatoms. The highest BCUT2D eigenvalue weighted by Crippen LogP contribution is 2.27. The molecule has 2 unspecified atom stereocenters. The van der Waals surface area contributed by atoms with Crippen molar-refractivity contribution in [2.45, 2.75) is 37.8 Å². The smallest absolute Gasteiger partial charge is 0.404 e. The van der Waals surface area contributed by atoms with Crippen molar-refractivity contribution >= 4 is 23.4 Å². The minimum Gasteiger partial charge on any atom is -0.465 e. The van der Waals surface area contributed by atoms with E-state index in [0.29, 0.717) is 12.8 Å². The van der Waals surface area contributed by atoms with Gasteiger partial charge in [0, 0.05) is 12.1 Å². The standard InChI is InChI=1S/C18H18F2N6O2/c19-11-6-12(9-22-8-11)23-16-10(7-21)5-13(20)17(26-16)24-14-3-1-2-4-15(14)25-18(27)28/h5-6,8-9,14-15,25H,1-4H2,(H,27,28)(H2,23,24,26). The molecule has 1 fully saturated rings. The van der Waals surface area contributed by atoms with Gasteiger partial charge in [-0.1, -0.05) is 12.8 Å². The molecule has 0 aliphatic heterocycles. The molecule has 1 saturated carbocycles. The van der Waals surface area contributed by atoms with Gasteiger partial charge in [0.2, 0.25) is 0 Å². The average Bonchev–Trinajstić information content (AvgIpc) is 2.65. The van der Waals surface area contributed by atoms with Crippen LogP contribution in [0.5, 0.6) is 0 Å². The first kappa shape index (κ1) is 19.3. The van der Waals surface area contributed by atoms with Gasteiger partial charge in [0.25, 0.3) is 0 Å². The summed E-state index contributed by atoms with van der Waals surface area (Å²) in [5.74, 6) is -1.39. The van der Waals surface area contributed by atoms with Crippen LogP contribution in [0.2, 0.25) is 0 Å². The third-order valence-electron chi connectivity index (χ3n) is 4.46. The Morgan fingerprint density at radius 2 is 1.93 bits per heavy atom. The Bertz CT molecular complexity index is 917. The van der Waals surface area contributed by atoms with Crippen molar-refractivity contribution in [3.05, 3.63) is 41.7 Å². The number of nitrogens with one attached hydrogen (secondary N) is 3. The molecule has 0 saturated heterocycles. The zero-order chi connectivity index (χ0) is 20.1. The van der Waals surface area contributed by atoms with E-state index in [9.17, 15) is 18.8 Å². The van der Waals surface area contributed by atoms with Crippen molar-refractivity contribution in [3.8, 4) is 6.07 Å². The van der Waals surface area contributed by atoms with Gasteiger partial charge in [-0.3, -0.25) is 4.98 Å². The summed E-state index contributed by atoms with van der Waals surface area (Å²) in [5.41, 5.74) is 0.195. The molecule has 2 atom stereocenters. The zero-order valence-corrected chi connectivity index (χ0v) is 14.7. The summed E-state index contributed by atoms with van der Waals surface area (Å²) in [6, 6.07) is 3.30. The highest BCUT2D eigenvalue weighted by Gasteiger charge is 2.28. The molecule has 0 bridgehead atoms. The highest BCUT2D eigenvalue weighted by atomic mass is 19.1. The highest BCUT2D eigenvalue weighted by molar-refractivity contribution is 5.66. The molecule has 28 heavy (non-hydrogen) atoms. The SMILES string of the molecule is N#Cc1cc(F)c(NC2CCCCC2NC(=O)O)nc1Nc1cncc(F)c1. The van der Waals surface area contributed by atoms with Gasteiger partial charge in [0.05, 0.1) is 29.7 Å². The van der Waals surface area contributed by atoms with E-state index in [0.717, 1.165) is 25.1 Å². The van der Waals surface area contributed by atoms with Gasteiger partial charge in [-0.15, -0.1) is 0 Å².